The van der Waals surface area contributed by atoms with Crippen LogP contribution in [0.5, 0.6) is 0 Å². The summed E-state index contributed by atoms with van der Waals surface area (Å²) in [6.07, 6.45) is 5.08. The zero-order valence-corrected chi connectivity index (χ0v) is 12.0. The lowest BCUT2D eigenvalue weighted by Crippen LogP contribution is -2.28. The second-order valence-electron chi connectivity index (χ2n) is 6.29. The number of carbonyl (C=O) groups is 1. The molecule has 0 aliphatic heterocycles. The van der Waals surface area contributed by atoms with Crippen LogP contribution in [0.1, 0.15) is 68.1 Å². The number of fused-ring (bicyclic) bond motifs is 1. The minimum Gasteiger partial charge on any atom is -0.427 e. The van der Waals surface area contributed by atoms with Crippen molar-refractivity contribution in [3.05, 3.63) is 33.4 Å². The first-order valence-corrected chi connectivity index (χ1v) is 7.12. The fourth-order valence-corrected chi connectivity index (χ4v) is 2.68. The molecule has 1 heterocycles. The summed E-state index contributed by atoms with van der Waals surface area (Å²) < 4.78 is 5.39. The fourth-order valence-electron chi connectivity index (χ4n) is 2.68. The predicted molar refractivity (Wildman–Crippen MR) is 74.6 cm³/mol. The summed E-state index contributed by atoms with van der Waals surface area (Å²) in [7, 11) is 0. The van der Waals surface area contributed by atoms with Crippen molar-refractivity contribution in [3.8, 4) is 0 Å². The maximum absolute atomic E-state index is 12.1. The number of Topliss-reactive ketones (excluding diaryl/α,β-unsaturated/α-hetero) is 1. The van der Waals surface area contributed by atoms with Crippen molar-refractivity contribution in [2.75, 3.05) is 0 Å². The molecule has 0 atom stereocenters. The topological polar surface area (TPSA) is 47.3 Å². The number of rotatable bonds is 4. The molecule has 104 valence electrons. The molecule has 0 N–H and O–H groups in total. The second-order valence-corrected chi connectivity index (χ2v) is 6.29. The molecule has 0 unspecified atom stereocenters. The van der Waals surface area contributed by atoms with Gasteiger partial charge in [-0.15, -0.1) is 0 Å². The molecule has 0 fully saturated rings. The third-order valence-electron chi connectivity index (χ3n) is 3.73. The predicted octanol–water partition coefficient (Wildman–Crippen LogP) is 3.53. The number of unbranched alkanes of at least 4 members (excludes halogenated alkanes) is 2. The molecule has 1 aromatic rings. The molecule has 0 bridgehead atoms. The van der Waals surface area contributed by atoms with Crippen LogP contribution < -0.4 is 5.63 Å². The van der Waals surface area contributed by atoms with Crippen molar-refractivity contribution in [2.45, 2.75) is 59.3 Å². The van der Waals surface area contributed by atoms with Crippen LogP contribution in [-0.2, 0) is 12.8 Å². The first-order chi connectivity index (χ1) is 8.93. The van der Waals surface area contributed by atoms with Gasteiger partial charge < -0.3 is 4.42 Å². The van der Waals surface area contributed by atoms with Gasteiger partial charge in [0, 0.05) is 18.4 Å². The van der Waals surface area contributed by atoms with E-state index in [1.807, 2.05) is 13.8 Å². The molecule has 1 aromatic heterocycles. The molecule has 0 aromatic carbocycles. The summed E-state index contributed by atoms with van der Waals surface area (Å²) in [6, 6.07) is 1.77. The molecule has 0 radical (unpaired) electrons. The summed E-state index contributed by atoms with van der Waals surface area (Å²) in [6.45, 7) is 6.19. The Bertz CT molecular complexity index is 537. The van der Waals surface area contributed by atoms with Gasteiger partial charge in [0.15, 0.2) is 5.78 Å². The van der Waals surface area contributed by atoms with E-state index in [2.05, 4.69) is 6.92 Å². The lowest BCUT2D eigenvalue weighted by atomic mass is 9.76. The average Bonchev–Trinajstić information content (AvgIpc) is 2.29. The summed E-state index contributed by atoms with van der Waals surface area (Å²) in [5, 5.41) is 0. The number of hydrogen-bond acceptors (Lipinski definition) is 3. The lowest BCUT2D eigenvalue weighted by molar-refractivity contribution is 0.0897. The second kappa shape index (κ2) is 5.32. The number of carbonyl (C=O) groups excluding carboxylic acids is 1. The van der Waals surface area contributed by atoms with Gasteiger partial charge in [-0.3, -0.25) is 4.79 Å². The zero-order valence-electron chi connectivity index (χ0n) is 12.0. The quantitative estimate of drug-likeness (QED) is 0.780. The smallest absolute Gasteiger partial charge is 0.339 e. The first-order valence-electron chi connectivity index (χ1n) is 7.12. The van der Waals surface area contributed by atoms with E-state index < -0.39 is 0 Å². The number of aryl methyl sites for hydroxylation is 1. The average molecular weight is 262 g/mol. The van der Waals surface area contributed by atoms with Crippen molar-refractivity contribution in [1.29, 1.82) is 0 Å². The van der Waals surface area contributed by atoms with Crippen molar-refractivity contribution < 1.29 is 9.21 Å². The summed E-state index contributed by atoms with van der Waals surface area (Å²) in [5.41, 5.74) is 0.912. The maximum Gasteiger partial charge on any atom is 0.339 e. The molecule has 0 saturated heterocycles. The Hall–Kier alpha value is -1.38. The van der Waals surface area contributed by atoms with E-state index in [0.29, 0.717) is 36.1 Å². The Kier molecular flexibility index (Phi) is 3.93. The summed E-state index contributed by atoms with van der Waals surface area (Å²) >= 11 is 0. The normalized spacial score (nSPS) is 17.3. The molecule has 0 spiro atoms. The highest BCUT2D eigenvalue weighted by molar-refractivity contribution is 5.98. The molecule has 3 heteroatoms. The maximum atomic E-state index is 12.1. The van der Waals surface area contributed by atoms with Crippen LogP contribution in [0, 0.1) is 5.41 Å². The molecule has 0 saturated carbocycles. The largest absolute Gasteiger partial charge is 0.427 e. The van der Waals surface area contributed by atoms with E-state index in [1.54, 1.807) is 6.07 Å². The Labute approximate surface area is 114 Å². The lowest BCUT2D eigenvalue weighted by Gasteiger charge is -2.28. The van der Waals surface area contributed by atoms with Crippen molar-refractivity contribution in [3.63, 3.8) is 0 Å². The third-order valence-corrected chi connectivity index (χ3v) is 3.73. The first kappa shape index (κ1) is 14.0. The van der Waals surface area contributed by atoms with Gasteiger partial charge >= 0.3 is 5.63 Å². The third kappa shape index (κ3) is 3.14. The molecule has 0 amide bonds. The van der Waals surface area contributed by atoms with Gasteiger partial charge in [0.1, 0.15) is 5.76 Å². The minimum atomic E-state index is -0.264. The summed E-state index contributed by atoms with van der Waals surface area (Å²) in [5.74, 6) is 0.678. The van der Waals surface area contributed by atoms with Gasteiger partial charge in [0.2, 0.25) is 0 Å². The standard InChI is InChI=1S/C16H22O3/c1-4-5-6-7-11-8-12-13(17)9-16(2,3)10-14(12)19-15(11)18/h8H,4-7,9-10H2,1-3H3. The van der Waals surface area contributed by atoms with Crippen molar-refractivity contribution >= 4 is 5.78 Å². The van der Waals surface area contributed by atoms with Crippen LogP contribution in [0.2, 0.25) is 0 Å². The number of ketones is 1. The Balaban J connectivity index is 2.30. The molecule has 3 nitrogen and oxygen atoms in total. The number of hydrogen-bond donors (Lipinski definition) is 0. The minimum absolute atomic E-state index is 0.103. The van der Waals surface area contributed by atoms with E-state index in [9.17, 15) is 9.59 Å². The highest BCUT2D eigenvalue weighted by Gasteiger charge is 2.33. The molecular formula is C16H22O3. The Morgan fingerprint density at radius 1 is 1.21 bits per heavy atom. The van der Waals surface area contributed by atoms with Gasteiger partial charge in [-0.05, 0) is 24.3 Å². The van der Waals surface area contributed by atoms with E-state index in [0.717, 1.165) is 19.3 Å². The molecule has 19 heavy (non-hydrogen) atoms. The molecular weight excluding hydrogens is 240 g/mol. The highest BCUT2D eigenvalue weighted by Crippen LogP contribution is 2.34. The summed E-state index contributed by atoms with van der Waals surface area (Å²) in [4.78, 5) is 24.1. The van der Waals surface area contributed by atoms with Crippen LogP contribution in [0.15, 0.2) is 15.3 Å². The fraction of sp³-hybridized carbons (Fsp3) is 0.625. The van der Waals surface area contributed by atoms with Crippen LogP contribution in [0.3, 0.4) is 0 Å². The van der Waals surface area contributed by atoms with Crippen molar-refractivity contribution in [1.82, 2.24) is 0 Å². The Morgan fingerprint density at radius 2 is 1.95 bits per heavy atom. The van der Waals surface area contributed by atoms with Crippen LogP contribution in [0.25, 0.3) is 0 Å². The van der Waals surface area contributed by atoms with Gasteiger partial charge in [-0.1, -0.05) is 33.6 Å². The molecule has 1 aliphatic carbocycles. The highest BCUT2D eigenvalue weighted by atomic mass is 16.4. The SMILES string of the molecule is CCCCCc1cc2c(oc1=O)CC(C)(C)CC2=O. The van der Waals surface area contributed by atoms with Gasteiger partial charge in [0.05, 0.1) is 5.56 Å². The van der Waals surface area contributed by atoms with Gasteiger partial charge in [-0.25, -0.2) is 4.79 Å². The Morgan fingerprint density at radius 3 is 2.63 bits per heavy atom. The molecule has 2 rings (SSSR count). The van der Waals surface area contributed by atoms with E-state index in [-0.39, 0.29) is 16.8 Å². The van der Waals surface area contributed by atoms with Crippen molar-refractivity contribution in [2.24, 2.45) is 5.41 Å². The molecule has 1 aliphatic rings. The monoisotopic (exact) mass is 262 g/mol. The van der Waals surface area contributed by atoms with E-state index >= 15 is 0 Å². The zero-order chi connectivity index (χ0) is 14.0. The van der Waals surface area contributed by atoms with E-state index in [4.69, 9.17) is 4.42 Å². The van der Waals surface area contributed by atoms with Gasteiger partial charge in [-0.2, -0.15) is 0 Å². The van der Waals surface area contributed by atoms with E-state index in [1.165, 1.54) is 0 Å². The van der Waals surface area contributed by atoms with Crippen LogP contribution in [-0.4, -0.2) is 5.78 Å². The van der Waals surface area contributed by atoms with Crippen LogP contribution in [0.4, 0.5) is 0 Å². The van der Waals surface area contributed by atoms with Gasteiger partial charge in [0.25, 0.3) is 0 Å². The van der Waals surface area contributed by atoms with Crippen LogP contribution >= 0.6 is 0 Å².